The van der Waals surface area contributed by atoms with Crippen molar-refractivity contribution >= 4 is 0 Å². The van der Waals surface area contributed by atoms with Crippen LogP contribution in [0.5, 0.6) is 0 Å². The summed E-state index contributed by atoms with van der Waals surface area (Å²) in [5.41, 5.74) is 0.906. The molecule has 82 valence electrons. The van der Waals surface area contributed by atoms with Gasteiger partial charge in [-0.1, -0.05) is 0 Å². The third-order valence-electron chi connectivity index (χ3n) is 2.74. The van der Waals surface area contributed by atoms with Crippen LogP contribution in [0.3, 0.4) is 0 Å². The number of rotatable bonds is 4. The van der Waals surface area contributed by atoms with E-state index >= 15 is 0 Å². The minimum Gasteiger partial charge on any atom is -0.372 e. The number of ether oxygens (including phenoxy) is 1. The Bertz CT molecular complexity index is 285. The quantitative estimate of drug-likeness (QED) is 0.805. The predicted molar refractivity (Wildman–Crippen MR) is 57.4 cm³/mol. The lowest BCUT2D eigenvalue weighted by Crippen LogP contribution is -2.15. The van der Waals surface area contributed by atoms with E-state index in [1.54, 1.807) is 18.6 Å². The third kappa shape index (κ3) is 2.97. The summed E-state index contributed by atoms with van der Waals surface area (Å²) in [6.45, 7) is 5.03. The molecule has 1 N–H and O–H groups in total. The molecule has 1 fully saturated rings. The van der Waals surface area contributed by atoms with Crippen LogP contribution in [0, 0.1) is 5.92 Å². The van der Waals surface area contributed by atoms with E-state index in [9.17, 15) is 0 Å². The van der Waals surface area contributed by atoms with Gasteiger partial charge in [-0.25, -0.2) is 0 Å². The Morgan fingerprint density at radius 3 is 3.20 bits per heavy atom. The zero-order valence-corrected chi connectivity index (χ0v) is 9.02. The van der Waals surface area contributed by atoms with Crippen molar-refractivity contribution in [1.29, 1.82) is 0 Å². The fourth-order valence-corrected chi connectivity index (χ4v) is 1.74. The van der Waals surface area contributed by atoms with E-state index in [1.807, 2.05) is 6.92 Å². The molecule has 0 spiro atoms. The predicted octanol–water partition coefficient (Wildman–Crippen LogP) is 1.16. The normalized spacial score (nSPS) is 22.9. The van der Waals surface area contributed by atoms with Crippen LogP contribution in [0.25, 0.3) is 0 Å². The van der Waals surface area contributed by atoms with Gasteiger partial charge in [-0.3, -0.25) is 9.97 Å². The molecule has 2 atom stereocenters. The molecule has 4 nitrogen and oxygen atoms in total. The van der Waals surface area contributed by atoms with Crippen molar-refractivity contribution in [2.45, 2.75) is 19.4 Å². The summed E-state index contributed by atoms with van der Waals surface area (Å²) in [4.78, 5) is 8.25. The number of aromatic nitrogens is 2. The number of hydrogen-bond acceptors (Lipinski definition) is 4. The van der Waals surface area contributed by atoms with E-state index in [2.05, 4.69) is 15.3 Å². The SMILES string of the molecule is CC(OCC1CCNC1)c1cnccn1. The lowest BCUT2D eigenvalue weighted by molar-refractivity contribution is 0.0408. The molecule has 15 heavy (non-hydrogen) atoms. The largest absolute Gasteiger partial charge is 0.372 e. The Labute approximate surface area is 90.1 Å². The second-order valence-electron chi connectivity index (χ2n) is 3.96. The molecule has 0 aromatic carbocycles. The minimum absolute atomic E-state index is 0.0410. The maximum Gasteiger partial charge on any atom is 0.0982 e. The van der Waals surface area contributed by atoms with Crippen molar-refractivity contribution in [3.8, 4) is 0 Å². The third-order valence-corrected chi connectivity index (χ3v) is 2.74. The van der Waals surface area contributed by atoms with Crippen molar-refractivity contribution in [1.82, 2.24) is 15.3 Å². The van der Waals surface area contributed by atoms with Crippen LogP contribution < -0.4 is 5.32 Å². The number of nitrogens with zero attached hydrogens (tertiary/aromatic N) is 2. The highest BCUT2D eigenvalue weighted by atomic mass is 16.5. The van der Waals surface area contributed by atoms with Crippen LogP contribution in [0.4, 0.5) is 0 Å². The maximum absolute atomic E-state index is 5.77. The lowest BCUT2D eigenvalue weighted by atomic mass is 10.1. The molecule has 2 heterocycles. The average Bonchev–Trinajstić information content (AvgIpc) is 2.80. The summed E-state index contributed by atoms with van der Waals surface area (Å²) < 4.78 is 5.77. The molecule has 1 saturated heterocycles. The van der Waals surface area contributed by atoms with Gasteiger partial charge in [0.2, 0.25) is 0 Å². The number of hydrogen-bond donors (Lipinski definition) is 1. The summed E-state index contributed by atoms with van der Waals surface area (Å²) in [5, 5.41) is 3.33. The first-order valence-electron chi connectivity index (χ1n) is 5.44. The minimum atomic E-state index is 0.0410. The number of nitrogens with one attached hydrogen (secondary N) is 1. The van der Waals surface area contributed by atoms with Crippen molar-refractivity contribution < 1.29 is 4.74 Å². The van der Waals surface area contributed by atoms with E-state index in [1.165, 1.54) is 6.42 Å². The van der Waals surface area contributed by atoms with E-state index < -0.39 is 0 Å². The summed E-state index contributed by atoms with van der Waals surface area (Å²) >= 11 is 0. The highest BCUT2D eigenvalue weighted by molar-refractivity contribution is 4.98. The Morgan fingerprint density at radius 2 is 2.53 bits per heavy atom. The van der Waals surface area contributed by atoms with Gasteiger partial charge >= 0.3 is 0 Å². The molecule has 2 unspecified atom stereocenters. The van der Waals surface area contributed by atoms with Crippen LogP contribution in [-0.2, 0) is 4.74 Å². The second kappa shape index (κ2) is 5.19. The molecular formula is C11H17N3O. The fraction of sp³-hybridized carbons (Fsp3) is 0.636. The summed E-state index contributed by atoms with van der Waals surface area (Å²) in [6, 6.07) is 0. The molecule has 1 aliphatic heterocycles. The molecule has 0 bridgehead atoms. The highest BCUT2D eigenvalue weighted by Gasteiger charge is 2.16. The molecule has 1 aliphatic rings. The zero-order chi connectivity index (χ0) is 10.5. The summed E-state index contributed by atoms with van der Waals surface area (Å²) in [5.74, 6) is 0.657. The van der Waals surface area contributed by atoms with Crippen LogP contribution in [0.1, 0.15) is 25.1 Å². The summed E-state index contributed by atoms with van der Waals surface area (Å²) in [6.07, 6.45) is 6.40. The van der Waals surface area contributed by atoms with Gasteiger partial charge in [-0.2, -0.15) is 0 Å². The first kappa shape index (κ1) is 10.5. The Balaban J connectivity index is 1.79. The van der Waals surface area contributed by atoms with E-state index in [0.29, 0.717) is 5.92 Å². The van der Waals surface area contributed by atoms with Gasteiger partial charge in [0.1, 0.15) is 0 Å². The topological polar surface area (TPSA) is 47.0 Å². The molecule has 2 rings (SSSR count). The van der Waals surface area contributed by atoms with E-state index in [0.717, 1.165) is 25.4 Å². The molecule has 0 saturated carbocycles. The van der Waals surface area contributed by atoms with Gasteiger partial charge in [0.25, 0.3) is 0 Å². The Morgan fingerprint density at radius 1 is 1.60 bits per heavy atom. The van der Waals surface area contributed by atoms with Gasteiger partial charge in [0.05, 0.1) is 24.6 Å². The second-order valence-corrected chi connectivity index (χ2v) is 3.96. The summed E-state index contributed by atoms with van der Waals surface area (Å²) in [7, 11) is 0. The van der Waals surface area contributed by atoms with Gasteiger partial charge in [0.15, 0.2) is 0 Å². The standard InChI is InChI=1S/C11H17N3O/c1-9(11-7-13-4-5-14-11)15-8-10-2-3-12-6-10/h4-5,7,9-10,12H,2-3,6,8H2,1H3. The molecular weight excluding hydrogens is 190 g/mol. The van der Waals surface area contributed by atoms with Gasteiger partial charge in [-0.15, -0.1) is 0 Å². The fourth-order valence-electron chi connectivity index (χ4n) is 1.74. The van der Waals surface area contributed by atoms with E-state index in [4.69, 9.17) is 4.74 Å². The molecule has 4 heteroatoms. The lowest BCUT2D eigenvalue weighted by Gasteiger charge is -2.14. The monoisotopic (exact) mass is 207 g/mol. The average molecular weight is 207 g/mol. The zero-order valence-electron chi connectivity index (χ0n) is 9.02. The van der Waals surface area contributed by atoms with Crippen molar-refractivity contribution in [2.75, 3.05) is 19.7 Å². The van der Waals surface area contributed by atoms with E-state index in [-0.39, 0.29) is 6.10 Å². The van der Waals surface area contributed by atoms with Gasteiger partial charge in [-0.05, 0) is 25.8 Å². The van der Waals surface area contributed by atoms with Crippen LogP contribution in [-0.4, -0.2) is 29.7 Å². The molecule has 1 aromatic heterocycles. The molecule has 0 aliphatic carbocycles. The molecule has 1 aromatic rings. The van der Waals surface area contributed by atoms with Crippen molar-refractivity contribution in [2.24, 2.45) is 5.92 Å². The first-order chi connectivity index (χ1) is 7.36. The first-order valence-corrected chi connectivity index (χ1v) is 5.44. The Hall–Kier alpha value is -1.00. The maximum atomic E-state index is 5.77. The molecule has 0 amide bonds. The van der Waals surface area contributed by atoms with Gasteiger partial charge in [0, 0.05) is 18.9 Å². The van der Waals surface area contributed by atoms with Gasteiger partial charge < -0.3 is 10.1 Å². The van der Waals surface area contributed by atoms with Crippen LogP contribution in [0.2, 0.25) is 0 Å². The van der Waals surface area contributed by atoms with Crippen molar-refractivity contribution in [3.63, 3.8) is 0 Å². The smallest absolute Gasteiger partial charge is 0.0982 e. The molecule has 0 radical (unpaired) electrons. The van der Waals surface area contributed by atoms with Crippen LogP contribution >= 0.6 is 0 Å². The van der Waals surface area contributed by atoms with Crippen LogP contribution in [0.15, 0.2) is 18.6 Å². The highest BCUT2D eigenvalue weighted by Crippen LogP contribution is 2.16. The van der Waals surface area contributed by atoms with Crippen molar-refractivity contribution in [3.05, 3.63) is 24.3 Å². The Kier molecular flexibility index (Phi) is 3.64.